The van der Waals surface area contributed by atoms with Crippen LogP contribution in [-0.2, 0) is 0 Å². The molecule has 1 aromatic heterocycles. The second kappa shape index (κ2) is 7.33. The Hall–Kier alpha value is -2.37. The van der Waals surface area contributed by atoms with Crippen LogP contribution in [0.3, 0.4) is 0 Å². The number of benzene rings is 2. The number of aromatic nitrogens is 3. The maximum absolute atomic E-state index is 13.1. The lowest BCUT2D eigenvalue weighted by Crippen LogP contribution is -2.17. The van der Waals surface area contributed by atoms with Gasteiger partial charge < -0.3 is 4.74 Å². The van der Waals surface area contributed by atoms with Gasteiger partial charge in [0.15, 0.2) is 5.82 Å². The summed E-state index contributed by atoms with van der Waals surface area (Å²) in [5.41, 5.74) is 1.82. The summed E-state index contributed by atoms with van der Waals surface area (Å²) in [5, 5.41) is 5.11. The van der Waals surface area contributed by atoms with E-state index in [0.717, 1.165) is 12.0 Å². The minimum atomic E-state index is -0.120. The van der Waals surface area contributed by atoms with Crippen LogP contribution in [-0.4, -0.2) is 27.3 Å². The summed E-state index contributed by atoms with van der Waals surface area (Å²) >= 11 is 12.1. The maximum Gasteiger partial charge on any atom is 0.336 e. The molecule has 1 aliphatic rings. The molecule has 5 nitrogen and oxygen atoms in total. The molecule has 1 fully saturated rings. The molecule has 0 amide bonds. The zero-order valence-corrected chi connectivity index (χ0v) is 16.1. The highest BCUT2D eigenvalue weighted by molar-refractivity contribution is 6.42. The van der Waals surface area contributed by atoms with E-state index in [0.29, 0.717) is 28.0 Å². The number of halogens is 2. The van der Waals surface area contributed by atoms with Crippen LogP contribution in [0.5, 0.6) is 6.01 Å². The first-order chi connectivity index (χ1) is 13.1. The molecule has 27 heavy (non-hydrogen) atoms. The van der Waals surface area contributed by atoms with Crippen LogP contribution in [0.4, 0.5) is 0 Å². The van der Waals surface area contributed by atoms with Crippen LogP contribution < -0.4 is 4.74 Å². The van der Waals surface area contributed by atoms with E-state index in [9.17, 15) is 4.79 Å². The van der Waals surface area contributed by atoms with E-state index >= 15 is 0 Å². The fraction of sp³-hybridized carbons (Fsp3) is 0.250. The minimum absolute atomic E-state index is 0.0941. The van der Waals surface area contributed by atoms with Crippen molar-refractivity contribution in [3.05, 3.63) is 64.1 Å². The average molecular weight is 402 g/mol. The summed E-state index contributed by atoms with van der Waals surface area (Å²) in [5.74, 6) is 0.398. The van der Waals surface area contributed by atoms with Crippen LogP contribution >= 0.6 is 23.2 Å². The monoisotopic (exact) mass is 401 g/mol. The molecule has 138 valence electrons. The number of rotatable bonds is 5. The van der Waals surface area contributed by atoms with Gasteiger partial charge in [-0.25, -0.2) is 0 Å². The SMILES string of the molecule is CCOc1nc(-c2ccc(Cl)c(Cl)c2)n(C(=O)C2CC2c2ccccc2)n1. The molecule has 0 radical (unpaired) electrons. The van der Waals surface area contributed by atoms with Gasteiger partial charge in [-0.3, -0.25) is 4.79 Å². The van der Waals surface area contributed by atoms with Gasteiger partial charge >= 0.3 is 6.01 Å². The molecular formula is C20H17Cl2N3O2. The van der Waals surface area contributed by atoms with Crippen molar-refractivity contribution >= 4 is 29.1 Å². The Labute approximate surface area is 166 Å². The topological polar surface area (TPSA) is 57.0 Å². The lowest BCUT2D eigenvalue weighted by atomic mass is 10.1. The highest BCUT2D eigenvalue weighted by Gasteiger charge is 2.45. The second-order valence-corrected chi connectivity index (χ2v) is 7.20. The largest absolute Gasteiger partial charge is 0.463 e. The highest BCUT2D eigenvalue weighted by atomic mass is 35.5. The van der Waals surface area contributed by atoms with E-state index in [1.54, 1.807) is 18.2 Å². The molecule has 2 aromatic carbocycles. The Bertz CT molecular complexity index is 988. The quantitative estimate of drug-likeness (QED) is 0.596. The number of carbonyl (C=O) groups is 1. The summed E-state index contributed by atoms with van der Waals surface area (Å²) in [6.45, 7) is 2.25. The van der Waals surface area contributed by atoms with E-state index in [1.165, 1.54) is 4.68 Å². The van der Waals surface area contributed by atoms with Gasteiger partial charge in [-0.2, -0.15) is 9.67 Å². The Morgan fingerprint density at radius 3 is 2.67 bits per heavy atom. The van der Waals surface area contributed by atoms with Crippen LogP contribution in [0.2, 0.25) is 10.0 Å². The molecule has 0 N–H and O–H groups in total. The molecule has 2 atom stereocenters. The van der Waals surface area contributed by atoms with Gasteiger partial charge in [-0.15, -0.1) is 5.10 Å². The van der Waals surface area contributed by atoms with E-state index in [-0.39, 0.29) is 23.8 Å². The summed E-state index contributed by atoms with van der Waals surface area (Å²) in [7, 11) is 0. The standard InChI is InChI=1S/C20H17Cl2N3O2/c1-2-27-20-23-18(13-8-9-16(21)17(22)10-13)25(24-20)19(26)15-11-14(15)12-6-4-3-5-7-12/h3-10,14-15H,2,11H2,1H3. The van der Waals surface area contributed by atoms with Gasteiger partial charge in [0, 0.05) is 11.5 Å². The van der Waals surface area contributed by atoms with Gasteiger partial charge in [0.2, 0.25) is 0 Å². The van der Waals surface area contributed by atoms with Gasteiger partial charge in [0.25, 0.3) is 5.91 Å². The molecule has 3 aromatic rings. The number of hydrogen-bond donors (Lipinski definition) is 0. The van der Waals surface area contributed by atoms with Gasteiger partial charge in [-0.1, -0.05) is 53.5 Å². The zero-order chi connectivity index (χ0) is 19.0. The first-order valence-electron chi connectivity index (χ1n) is 8.73. The first kappa shape index (κ1) is 18.0. The molecule has 0 saturated heterocycles. The van der Waals surface area contributed by atoms with Crippen LogP contribution in [0, 0.1) is 5.92 Å². The molecule has 0 bridgehead atoms. The third kappa shape index (κ3) is 3.57. The van der Waals surface area contributed by atoms with Gasteiger partial charge in [0.05, 0.1) is 16.7 Å². The van der Waals surface area contributed by atoms with Crippen molar-refractivity contribution in [1.29, 1.82) is 0 Å². The molecule has 0 spiro atoms. The number of ether oxygens (including phenoxy) is 1. The van der Waals surface area contributed by atoms with E-state index in [4.69, 9.17) is 27.9 Å². The summed E-state index contributed by atoms with van der Waals surface area (Å²) in [6.07, 6.45) is 0.799. The predicted molar refractivity (Wildman–Crippen MR) is 105 cm³/mol. The Morgan fingerprint density at radius 1 is 1.19 bits per heavy atom. The number of nitrogens with zero attached hydrogens (tertiary/aromatic N) is 3. The average Bonchev–Trinajstić information content (AvgIpc) is 3.38. The van der Waals surface area contributed by atoms with Crippen molar-refractivity contribution in [2.24, 2.45) is 5.92 Å². The van der Waals surface area contributed by atoms with Crippen LogP contribution in [0.1, 0.15) is 29.6 Å². The molecule has 2 unspecified atom stereocenters. The lowest BCUT2D eigenvalue weighted by molar-refractivity contribution is 0.0867. The minimum Gasteiger partial charge on any atom is -0.463 e. The fourth-order valence-corrected chi connectivity index (χ4v) is 3.45. The first-order valence-corrected chi connectivity index (χ1v) is 9.48. The molecule has 0 aliphatic heterocycles. The lowest BCUT2D eigenvalue weighted by Gasteiger charge is -2.06. The van der Waals surface area contributed by atoms with Crippen LogP contribution in [0.15, 0.2) is 48.5 Å². The number of carbonyl (C=O) groups excluding carboxylic acids is 1. The fourth-order valence-electron chi connectivity index (χ4n) is 3.15. The normalized spacial score (nSPS) is 18.3. The second-order valence-electron chi connectivity index (χ2n) is 6.39. The highest BCUT2D eigenvalue weighted by Crippen LogP contribution is 2.48. The van der Waals surface area contributed by atoms with E-state index in [1.807, 2.05) is 37.3 Å². The predicted octanol–water partition coefficient (Wildman–Crippen LogP) is 5.09. The molecule has 7 heteroatoms. The summed E-state index contributed by atoms with van der Waals surface area (Å²) in [4.78, 5) is 17.5. The zero-order valence-electron chi connectivity index (χ0n) is 14.6. The van der Waals surface area contributed by atoms with E-state index in [2.05, 4.69) is 10.1 Å². The smallest absolute Gasteiger partial charge is 0.336 e. The summed E-state index contributed by atoms with van der Waals surface area (Å²) in [6, 6.07) is 15.3. The molecule has 1 aliphatic carbocycles. The number of hydrogen-bond acceptors (Lipinski definition) is 4. The molecular weight excluding hydrogens is 385 g/mol. The summed E-state index contributed by atoms with van der Waals surface area (Å²) < 4.78 is 6.74. The molecule has 1 heterocycles. The maximum atomic E-state index is 13.1. The molecule has 4 rings (SSSR count). The Kier molecular flexibility index (Phi) is 4.89. The van der Waals surface area contributed by atoms with Crippen molar-refractivity contribution in [1.82, 2.24) is 14.8 Å². The van der Waals surface area contributed by atoms with Gasteiger partial charge in [0.1, 0.15) is 0 Å². The Balaban J connectivity index is 1.67. The van der Waals surface area contributed by atoms with E-state index < -0.39 is 0 Å². The third-order valence-electron chi connectivity index (χ3n) is 4.58. The van der Waals surface area contributed by atoms with Crippen molar-refractivity contribution in [3.63, 3.8) is 0 Å². The van der Waals surface area contributed by atoms with Crippen LogP contribution in [0.25, 0.3) is 11.4 Å². The van der Waals surface area contributed by atoms with Crippen molar-refractivity contribution < 1.29 is 9.53 Å². The molecule has 1 saturated carbocycles. The Morgan fingerprint density at radius 2 is 1.96 bits per heavy atom. The third-order valence-corrected chi connectivity index (χ3v) is 5.32. The van der Waals surface area contributed by atoms with Crippen molar-refractivity contribution in [3.8, 4) is 17.4 Å². The van der Waals surface area contributed by atoms with Gasteiger partial charge in [-0.05, 0) is 43.0 Å². The van der Waals surface area contributed by atoms with Crippen molar-refractivity contribution in [2.45, 2.75) is 19.3 Å². The van der Waals surface area contributed by atoms with Crippen molar-refractivity contribution in [2.75, 3.05) is 6.61 Å².